The molecule has 0 aliphatic carbocycles. The maximum atomic E-state index is 11.5. The maximum Gasteiger partial charge on any atom is 0.310 e. The summed E-state index contributed by atoms with van der Waals surface area (Å²) in [6.45, 7) is 2.07. The topological polar surface area (TPSA) is 50.1 Å². The van der Waals surface area contributed by atoms with Gasteiger partial charge in [0.15, 0.2) is 0 Å². The smallest absolute Gasteiger partial charge is 0.310 e. The lowest BCUT2D eigenvalue weighted by Gasteiger charge is -2.10. The van der Waals surface area contributed by atoms with Crippen molar-refractivity contribution in [3.8, 4) is 6.07 Å². The summed E-state index contributed by atoms with van der Waals surface area (Å²) < 4.78 is 4.87. The van der Waals surface area contributed by atoms with Crippen LogP contribution in [0.1, 0.15) is 23.6 Å². The zero-order valence-electron chi connectivity index (χ0n) is 9.36. The monoisotopic (exact) mass is 269 g/mol. The number of hydrogen-bond donors (Lipinski definition) is 1. The number of benzene rings is 1. The van der Waals surface area contributed by atoms with Crippen molar-refractivity contribution in [1.29, 1.82) is 5.26 Å². The molecule has 0 heterocycles. The quantitative estimate of drug-likeness (QED) is 0.519. The number of thiol groups is 1. The molecular weight excluding hydrogens is 258 g/mol. The van der Waals surface area contributed by atoms with E-state index in [-0.39, 0.29) is 18.3 Å². The zero-order valence-corrected chi connectivity index (χ0v) is 11.0. The number of ether oxygens (including phenoxy) is 1. The van der Waals surface area contributed by atoms with Gasteiger partial charge in [-0.25, -0.2) is 0 Å². The number of rotatable bonds is 4. The van der Waals surface area contributed by atoms with Crippen LogP contribution >= 0.6 is 24.2 Å². The normalized spacial score (nSPS) is 9.76. The summed E-state index contributed by atoms with van der Waals surface area (Å²) in [6, 6.07) is 5.40. The van der Waals surface area contributed by atoms with Crippen molar-refractivity contribution < 1.29 is 9.53 Å². The molecule has 0 aliphatic rings. The van der Waals surface area contributed by atoms with Gasteiger partial charge in [0.05, 0.1) is 18.6 Å². The molecule has 1 rings (SSSR count). The van der Waals surface area contributed by atoms with E-state index in [1.807, 2.05) is 6.07 Å². The molecule has 90 valence electrons. The van der Waals surface area contributed by atoms with Gasteiger partial charge in [-0.3, -0.25) is 4.79 Å². The molecule has 0 aliphatic heterocycles. The van der Waals surface area contributed by atoms with Gasteiger partial charge in [-0.1, -0.05) is 6.07 Å². The molecule has 0 radical (unpaired) electrons. The van der Waals surface area contributed by atoms with Crippen LogP contribution in [0.25, 0.3) is 0 Å². The Labute approximate surface area is 111 Å². The number of nitriles is 1. The number of alkyl halides is 1. The van der Waals surface area contributed by atoms with Gasteiger partial charge >= 0.3 is 5.97 Å². The van der Waals surface area contributed by atoms with Gasteiger partial charge in [0.1, 0.15) is 6.07 Å². The van der Waals surface area contributed by atoms with Crippen LogP contribution in [0.5, 0.6) is 0 Å². The van der Waals surface area contributed by atoms with Crippen LogP contribution < -0.4 is 0 Å². The molecule has 0 unspecified atom stereocenters. The molecular formula is C12H12ClNO2S. The first-order valence-corrected chi connectivity index (χ1v) is 6.07. The highest BCUT2D eigenvalue weighted by Gasteiger charge is 2.14. The summed E-state index contributed by atoms with van der Waals surface area (Å²) in [7, 11) is 0. The molecule has 0 N–H and O–H groups in total. The van der Waals surface area contributed by atoms with Crippen molar-refractivity contribution in [3.63, 3.8) is 0 Å². The molecule has 1 aromatic rings. The van der Waals surface area contributed by atoms with Crippen molar-refractivity contribution >= 4 is 30.2 Å². The van der Waals surface area contributed by atoms with E-state index in [0.29, 0.717) is 22.6 Å². The minimum absolute atomic E-state index is 0.0875. The van der Waals surface area contributed by atoms with Gasteiger partial charge in [-0.05, 0) is 24.1 Å². The average Bonchev–Trinajstić information content (AvgIpc) is 2.32. The second-order valence-electron chi connectivity index (χ2n) is 3.33. The summed E-state index contributed by atoms with van der Waals surface area (Å²) >= 11 is 10.1. The second-order valence-corrected chi connectivity index (χ2v) is 4.04. The summed E-state index contributed by atoms with van der Waals surface area (Å²) in [5.41, 5.74) is 1.89. The lowest BCUT2D eigenvalue weighted by atomic mass is 10.0. The van der Waals surface area contributed by atoms with E-state index < -0.39 is 0 Å². The Bertz CT molecular complexity index is 468. The van der Waals surface area contributed by atoms with Crippen molar-refractivity contribution in [3.05, 3.63) is 28.8 Å². The van der Waals surface area contributed by atoms with E-state index in [0.717, 1.165) is 5.56 Å². The first-order chi connectivity index (χ1) is 8.13. The molecule has 0 saturated carbocycles. The Morgan fingerprint density at radius 1 is 1.59 bits per heavy atom. The Morgan fingerprint density at radius 2 is 2.29 bits per heavy atom. The zero-order chi connectivity index (χ0) is 12.8. The predicted molar refractivity (Wildman–Crippen MR) is 68.3 cm³/mol. The van der Waals surface area contributed by atoms with Gasteiger partial charge in [0.25, 0.3) is 0 Å². The summed E-state index contributed by atoms with van der Waals surface area (Å²) in [5, 5.41) is 8.90. The van der Waals surface area contributed by atoms with E-state index in [2.05, 4.69) is 12.6 Å². The highest BCUT2D eigenvalue weighted by atomic mass is 35.5. The van der Waals surface area contributed by atoms with E-state index in [1.165, 1.54) is 0 Å². The lowest BCUT2D eigenvalue weighted by Crippen LogP contribution is -2.10. The molecule has 0 atom stereocenters. The summed E-state index contributed by atoms with van der Waals surface area (Å²) in [5.74, 6) is -0.0714. The third-order valence-electron chi connectivity index (χ3n) is 2.27. The minimum Gasteiger partial charge on any atom is -0.466 e. The van der Waals surface area contributed by atoms with Gasteiger partial charge in [0, 0.05) is 10.8 Å². The fourth-order valence-corrected chi connectivity index (χ4v) is 2.04. The average molecular weight is 270 g/mol. The van der Waals surface area contributed by atoms with Crippen LogP contribution in [-0.2, 0) is 21.8 Å². The van der Waals surface area contributed by atoms with Crippen LogP contribution in [0.4, 0.5) is 0 Å². The standard InChI is InChI=1S/C12H12ClNO2S/c1-2-16-11(15)5-10-8(6-13)3-4-9(7-14)12(10)17/h3-4,17H,2,5-6H2,1H3. The number of hydrogen-bond acceptors (Lipinski definition) is 4. The highest BCUT2D eigenvalue weighted by Crippen LogP contribution is 2.25. The Balaban J connectivity index is 3.11. The van der Waals surface area contributed by atoms with E-state index in [1.54, 1.807) is 19.1 Å². The lowest BCUT2D eigenvalue weighted by molar-refractivity contribution is -0.142. The van der Waals surface area contributed by atoms with Crippen molar-refractivity contribution in [2.75, 3.05) is 6.61 Å². The summed E-state index contributed by atoms with van der Waals surface area (Å²) in [4.78, 5) is 11.9. The molecule has 0 aromatic heterocycles. The second kappa shape index (κ2) is 6.53. The highest BCUT2D eigenvalue weighted by molar-refractivity contribution is 7.80. The van der Waals surface area contributed by atoms with Crippen LogP contribution in [0.2, 0.25) is 0 Å². The van der Waals surface area contributed by atoms with E-state index >= 15 is 0 Å². The van der Waals surface area contributed by atoms with Crippen LogP contribution in [0, 0.1) is 11.3 Å². The third kappa shape index (κ3) is 3.39. The predicted octanol–water partition coefficient (Wildman–Crippen LogP) is 2.69. The molecule has 0 amide bonds. The van der Waals surface area contributed by atoms with Gasteiger partial charge in [0.2, 0.25) is 0 Å². The molecule has 0 fully saturated rings. The first-order valence-electron chi connectivity index (χ1n) is 5.09. The van der Waals surface area contributed by atoms with E-state index in [9.17, 15) is 4.79 Å². The minimum atomic E-state index is -0.343. The SMILES string of the molecule is CCOC(=O)Cc1c(CCl)ccc(C#N)c1S. The molecule has 0 bridgehead atoms. The number of nitrogens with zero attached hydrogens (tertiary/aromatic N) is 1. The molecule has 1 aromatic carbocycles. The number of halogens is 1. The van der Waals surface area contributed by atoms with Gasteiger partial charge in [-0.15, -0.1) is 24.2 Å². The van der Waals surface area contributed by atoms with E-state index in [4.69, 9.17) is 21.6 Å². The molecule has 0 spiro atoms. The van der Waals surface area contributed by atoms with Gasteiger partial charge < -0.3 is 4.74 Å². The Kier molecular flexibility index (Phi) is 5.33. The fraction of sp³-hybridized carbons (Fsp3) is 0.333. The fourth-order valence-electron chi connectivity index (χ4n) is 1.45. The maximum absolute atomic E-state index is 11.5. The van der Waals surface area contributed by atoms with Crippen molar-refractivity contribution in [2.45, 2.75) is 24.1 Å². The van der Waals surface area contributed by atoms with Crippen LogP contribution in [0.3, 0.4) is 0 Å². The Hall–Kier alpha value is -1.18. The summed E-state index contributed by atoms with van der Waals surface area (Å²) in [6.07, 6.45) is 0.0875. The van der Waals surface area contributed by atoms with Crippen LogP contribution in [0.15, 0.2) is 17.0 Å². The number of carbonyl (C=O) groups excluding carboxylic acids is 1. The number of carbonyl (C=O) groups is 1. The molecule has 17 heavy (non-hydrogen) atoms. The van der Waals surface area contributed by atoms with Crippen molar-refractivity contribution in [1.82, 2.24) is 0 Å². The molecule has 5 heteroatoms. The third-order valence-corrected chi connectivity index (χ3v) is 3.07. The van der Waals surface area contributed by atoms with Gasteiger partial charge in [-0.2, -0.15) is 5.26 Å². The first kappa shape index (κ1) is 13.9. The number of esters is 1. The van der Waals surface area contributed by atoms with Crippen LogP contribution in [-0.4, -0.2) is 12.6 Å². The Morgan fingerprint density at radius 3 is 2.82 bits per heavy atom. The largest absolute Gasteiger partial charge is 0.466 e. The molecule has 0 saturated heterocycles. The van der Waals surface area contributed by atoms with Crippen molar-refractivity contribution in [2.24, 2.45) is 0 Å². The molecule has 3 nitrogen and oxygen atoms in total.